The maximum atomic E-state index is 9.86. The van der Waals surface area contributed by atoms with Gasteiger partial charge >= 0.3 is 0 Å². The highest BCUT2D eigenvalue weighted by atomic mass is 16.3. The van der Waals surface area contributed by atoms with Gasteiger partial charge in [-0.2, -0.15) is 0 Å². The lowest BCUT2D eigenvalue weighted by Gasteiger charge is -2.13. The second kappa shape index (κ2) is 6.19. The molecule has 0 aromatic heterocycles. The van der Waals surface area contributed by atoms with E-state index in [4.69, 9.17) is 0 Å². The summed E-state index contributed by atoms with van der Waals surface area (Å²) >= 11 is 0. The Hall–Kier alpha value is -1.84. The number of aromatic hydroxyl groups is 1. The minimum atomic E-state index is -0.619. The van der Waals surface area contributed by atoms with E-state index in [1.54, 1.807) is 12.1 Å². The van der Waals surface area contributed by atoms with E-state index in [0.717, 1.165) is 11.1 Å². The van der Waals surface area contributed by atoms with Crippen LogP contribution in [0.3, 0.4) is 0 Å². The van der Waals surface area contributed by atoms with Crippen molar-refractivity contribution in [2.45, 2.75) is 19.2 Å². The van der Waals surface area contributed by atoms with Gasteiger partial charge in [-0.3, -0.25) is 5.32 Å². The average molecular weight is 243 g/mol. The summed E-state index contributed by atoms with van der Waals surface area (Å²) in [5.41, 5.74) is 1.86. The first-order chi connectivity index (χ1) is 8.75. The topological polar surface area (TPSA) is 52.5 Å². The molecule has 0 heterocycles. The number of para-hydroxylation sites is 1. The van der Waals surface area contributed by atoms with Gasteiger partial charge in [-0.25, -0.2) is 0 Å². The fourth-order valence-electron chi connectivity index (χ4n) is 1.80. The summed E-state index contributed by atoms with van der Waals surface area (Å²) in [6.07, 6.45) is -0.0685. The molecule has 0 fully saturated rings. The Morgan fingerprint density at radius 3 is 2.33 bits per heavy atom. The minimum Gasteiger partial charge on any atom is -0.508 e. The largest absolute Gasteiger partial charge is 0.508 e. The summed E-state index contributed by atoms with van der Waals surface area (Å²) in [6.45, 7) is 0.445. The molecule has 3 nitrogen and oxygen atoms in total. The predicted molar refractivity (Wildman–Crippen MR) is 71.1 cm³/mol. The molecule has 3 heteroatoms. The average Bonchev–Trinajstić information content (AvgIpc) is 2.39. The third-order valence-corrected chi connectivity index (χ3v) is 2.79. The summed E-state index contributed by atoms with van der Waals surface area (Å²) in [5.74, 6) is 0.247. The maximum Gasteiger partial charge on any atom is 0.120 e. The van der Waals surface area contributed by atoms with Crippen molar-refractivity contribution in [1.82, 2.24) is 5.32 Å². The third-order valence-electron chi connectivity index (χ3n) is 2.79. The first-order valence-corrected chi connectivity index (χ1v) is 5.98. The maximum absolute atomic E-state index is 9.86. The van der Waals surface area contributed by atoms with Crippen molar-refractivity contribution in [3.63, 3.8) is 0 Å². The molecule has 0 saturated heterocycles. The van der Waals surface area contributed by atoms with Crippen LogP contribution >= 0.6 is 0 Å². The number of aliphatic hydroxyl groups is 1. The number of aliphatic hydroxyl groups excluding tert-OH is 1. The van der Waals surface area contributed by atoms with Gasteiger partial charge in [-0.1, -0.05) is 48.5 Å². The third kappa shape index (κ3) is 3.58. The van der Waals surface area contributed by atoms with Gasteiger partial charge in [0.25, 0.3) is 0 Å². The standard InChI is InChI=1S/C15H17NO2/c17-14-9-5-4-8-13(14)11-16-15(18)10-12-6-2-1-3-7-12/h1-9,15-18H,10-11H2/t15-/m0/s1. The Labute approximate surface area is 107 Å². The number of hydrogen-bond donors (Lipinski definition) is 3. The van der Waals surface area contributed by atoms with Crippen LogP contribution in [0.25, 0.3) is 0 Å². The summed E-state index contributed by atoms with van der Waals surface area (Å²) < 4.78 is 0. The van der Waals surface area contributed by atoms with Crippen LogP contribution in [0.15, 0.2) is 54.6 Å². The molecule has 0 aliphatic carbocycles. The Kier molecular flexibility index (Phi) is 4.34. The molecule has 0 saturated carbocycles. The summed E-state index contributed by atoms with van der Waals surface area (Å²) in [4.78, 5) is 0. The summed E-state index contributed by atoms with van der Waals surface area (Å²) in [7, 11) is 0. The van der Waals surface area contributed by atoms with Crippen LogP contribution in [0.1, 0.15) is 11.1 Å². The first kappa shape index (κ1) is 12.6. The molecule has 94 valence electrons. The smallest absolute Gasteiger partial charge is 0.120 e. The predicted octanol–water partition coefficient (Wildman–Crippen LogP) is 2.04. The fraction of sp³-hybridized carbons (Fsp3) is 0.200. The van der Waals surface area contributed by atoms with Crippen molar-refractivity contribution in [1.29, 1.82) is 0 Å². The highest BCUT2D eigenvalue weighted by Gasteiger charge is 2.06. The van der Waals surface area contributed by atoms with Crippen LogP contribution in [0.4, 0.5) is 0 Å². The molecule has 0 bridgehead atoms. The van der Waals surface area contributed by atoms with E-state index in [1.807, 2.05) is 42.5 Å². The molecule has 3 N–H and O–H groups in total. The molecule has 0 aliphatic heterocycles. The zero-order valence-corrected chi connectivity index (χ0v) is 10.1. The van der Waals surface area contributed by atoms with Gasteiger partial charge in [-0.05, 0) is 11.6 Å². The van der Waals surface area contributed by atoms with E-state index in [0.29, 0.717) is 13.0 Å². The second-order valence-electron chi connectivity index (χ2n) is 4.22. The van der Waals surface area contributed by atoms with E-state index in [9.17, 15) is 10.2 Å². The first-order valence-electron chi connectivity index (χ1n) is 5.98. The van der Waals surface area contributed by atoms with Crippen molar-refractivity contribution in [2.24, 2.45) is 0 Å². The van der Waals surface area contributed by atoms with E-state index in [2.05, 4.69) is 5.32 Å². The molecule has 2 aromatic carbocycles. The van der Waals surface area contributed by atoms with Crippen molar-refractivity contribution >= 4 is 0 Å². The summed E-state index contributed by atoms with van der Waals surface area (Å²) in [6, 6.07) is 16.9. The van der Waals surface area contributed by atoms with Crippen LogP contribution in [0, 0.1) is 0 Å². The van der Waals surface area contributed by atoms with Crippen LogP contribution in [0.5, 0.6) is 5.75 Å². The van der Waals surface area contributed by atoms with Crippen molar-refractivity contribution in [3.8, 4) is 5.75 Å². The Morgan fingerprint density at radius 1 is 0.944 bits per heavy atom. The second-order valence-corrected chi connectivity index (χ2v) is 4.22. The van der Waals surface area contributed by atoms with Gasteiger partial charge in [0.15, 0.2) is 0 Å². The van der Waals surface area contributed by atoms with Crippen molar-refractivity contribution < 1.29 is 10.2 Å². The Bertz CT molecular complexity index is 485. The SMILES string of the molecule is Oc1ccccc1CN[C@@H](O)Cc1ccccc1. The molecule has 18 heavy (non-hydrogen) atoms. The number of hydrogen-bond acceptors (Lipinski definition) is 3. The lowest BCUT2D eigenvalue weighted by atomic mass is 10.1. The lowest BCUT2D eigenvalue weighted by Crippen LogP contribution is -2.30. The Morgan fingerprint density at radius 2 is 1.61 bits per heavy atom. The number of nitrogens with one attached hydrogen (secondary N) is 1. The van der Waals surface area contributed by atoms with Crippen LogP contribution in [0.2, 0.25) is 0 Å². The molecule has 2 aromatic rings. The number of benzene rings is 2. The van der Waals surface area contributed by atoms with E-state index in [-0.39, 0.29) is 5.75 Å². The van der Waals surface area contributed by atoms with E-state index in [1.165, 1.54) is 0 Å². The molecule has 1 atom stereocenters. The van der Waals surface area contributed by atoms with Gasteiger partial charge in [-0.15, -0.1) is 0 Å². The van der Waals surface area contributed by atoms with Crippen LogP contribution in [-0.4, -0.2) is 16.4 Å². The number of phenolic OH excluding ortho intramolecular Hbond substituents is 1. The molecule has 0 unspecified atom stereocenters. The number of phenols is 1. The molecular formula is C15H17NO2. The van der Waals surface area contributed by atoms with Gasteiger partial charge in [0, 0.05) is 18.5 Å². The van der Waals surface area contributed by atoms with Crippen LogP contribution < -0.4 is 5.32 Å². The quantitative estimate of drug-likeness (QED) is 0.704. The molecule has 0 aliphatic rings. The van der Waals surface area contributed by atoms with Gasteiger partial charge in [0.05, 0.1) is 0 Å². The van der Waals surface area contributed by atoms with E-state index >= 15 is 0 Å². The zero-order chi connectivity index (χ0) is 12.8. The molecular weight excluding hydrogens is 226 g/mol. The fourth-order valence-corrected chi connectivity index (χ4v) is 1.80. The zero-order valence-electron chi connectivity index (χ0n) is 10.1. The lowest BCUT2D eigenvalue weighted by molar-refractivity contribution is 0.135. The van der Waals surface area contributed by atoms with Gasteiger partial charge in [0.2, 0.25) is 0 Å². The van der Waals surface area contributed by atoms with Crippen molar-refractivity contribution in [3.05, 3.63) is 65.7 Å². The van der Waals surface area contributed by atoms with Crippen molar-refractivity contribution in [2.75, 3.05) is 0 Å². The molecule has 2 rings (SSSR count). The normalized spacial score (nSPS) is 12.3. The summed E-state index contributed by atoms with van der Waals surface area (Å²) in [5, 5.41) is 22.4. The molecule has 0 spiro atoms. The monoisotopic (exact) mass is 243 g/mol. The van der Waals surface area contributed by atoms with Crippen LogP contribution in [-0.2, 0) is 13.0 Å². The number of rotatable bonds is 5. The van der Waals surface area contributed by atoms with Gasteiger partial charge in [0.1, 0.15) is 12.0 Å². The Balaban J connectivity index is 1.86. The van der Waals surface area contributed by atoms with E-state index < -0.39 is 6.23 Å². The highest BCUT2D eigenvalue weighted by molar-refractivity contribution is 5.31. The molecule has 0 radical (unpaired) electrons. The minimum absolute atomic E-state index is 0.247. The highest BCUT2D eigenvalue weighted by Crippen LogP contribution is 2.15. The van der Waals surface area contributed by atoms with Gasteiger partial charge < -0.3 is 10.2 Å². The molecule has 0 amide bonds.